The highest BCUT2D eigenvalue weighted by Crippen LogP contribution is 2.27. The van der Waals surface area contributed by atoms with E-state index in [4.69, 9.17) is 9.47 Å². The lowest BCUT2D eigenvalue weighted by atomic mass is 10.0. The zero-order valence-corrected chi connectivity index (χ0v) is 16.3. The summed E-state index contributed by atoms with van der Waals surface area (Å²) < 4.78 is 9.81. The van der Waals surface area contributed by atoms with Crippen molar-refractivity contribution in [2.24, 2.45) is 0 Å². The molecule has 1 aliphatic rings. The Bertz CT molecular complexity index is 1020. The molecule has 2 aromatic carbocycles. The number of ketones is 1. The van der Waals surface area contributed by atoms with Crippen molar-refractivity contribution in [1.29, 1.82) is 0 Å². The maximum absolute atomic E-state index is 12.2. The third kappa shape index (κ3) is 4.80. The van der Waals surface area contributed by atoms with Gasteiger partial charge in [-0.15, -0.1) is 0 Å². The summed E-state index contributed by atoms with van der Waals surface area (Å²) in [5.41, 5.74) is 2.49. The van der Waals surface area contributed by atoms with E-state index >= 15 is 0 Å². The van der Waals surface area contributed by atoms with Crippen LogP contribution in [-0.2, 0) is 22.4 Å². The maximum Gasteiger partial charge on any atom is 0.325 e. The number of aryl methyl sites for hydroxylation is 2. The van der Waals surface area contributed by atoms with E-state index in [1.165, 1.54) is 24.8 Å². The highest BCUT2D eigenvalue weighted by atomic mass is 16.6. The highest BCUT2D eigenvalue weighted by molar-refractivity contribution is 5.99. The first-order chi connectivity index (χ1) is 14.4. The van der Waals surface area contributed by atoms with Crippen molar-refractivity contribution in [3.05, 3.63) is 68.8 Å². The number of carbonyl (C=O) groups excluding carboxylic acids is 3. The van der Waals surface area contributed by atoms with E-state index in [0.29, 0.717) is 5.56 Å². The van der Waals surface area contributed by atoms with Crippen LogP contribution in [0.1, 0.15) is 38.3 Å². The topological polar surface area (TPSA) is 125 Å². The van der Waals surface area contributed by atoms with Gasteiger partial charge < -0.3 is 14.8 Å². The van der Waals surface area contributed by atoms with E-state index in [1.54, 1.807) is 6.07 Å². The van der Waals surface area contributed by atoms with Gasteiger partial charge in [-0.25, -0.2) is 0 Å². The number of esters is 1. The normalized spacial score (nSPS) is 12.0. The summed E-state index contributed by atoms with van der Waals surface area (Å²) in [6.07, 6.45) is 3.01. The second kappa shape index (κ2) is 9.17. The molecule has 0 saturated heterocycles. The molecule has 156 valence electrons. The van der Waals surface area contributed by atoms with Gasteiger partial charge in [0.25, 0.3) is 5.91 Å². The molecule has 0 aliphatic heterocycles. The SMILES string of the molecule is COc1ccc(C(=O)NCC(=O)OCC(=O)c2ccc3c(c2)CCC3)cc1[N+](=O)[O-]. The summed E-state index contributed by atoms with van der Waals surface area (Å²) in [5.74, 6) is -1.79. The molecule has 0 aromatic heterocycles. The van der Waals surface area contributed by atoms with Crippen LogP contribution in [0.4, 0.5) is 5.69 Å². The third-order valence-corrected chi connectivity index (χ3v) is 4.82. The summed E-state index contributed by atoms with van der Waals surface area (Å²) in [4.78, 5) is 46.6. The molecule has 1 aliphatic carbocycles. The van der Waals surface area contributed by atoms with Crippen LogP contribution < -0.4 is 10.1 Å². The first kappa shape index (κ1) is 21.0. The molecule has 0 atom stereocenters. The van der Waals surface area contributed by atoms with Gasteiger partial charge in [0.1, 0.15) is 6.54 Å². The van der Waals surface area contributed by atoms with Gasteiger partial charge in [0.05, 0.1) is 12.0 Å². The molecule has 9 nitrogen and oxygen atoms in total. The molecular formula is C21H20N2O7. The number of ether oxygens (including phenoxy) is 2. The molecule has 3 rings (SSSR count). The van der Waals surface area contributed by atoms with Gasteiger partial charge in [0, 0.05) is 17.2 Å². The molecule has 0 saturated carbocycles. The Morgan fingerprint density at radius 3 is 2.53 bits per heavy atom. The van der Waals surface area contributed by atoms with Crippen molar-refractivity contribution in [1.82, 2.24) is 5.32 Å². The number of benzene rings is 2. The predicted molar refractivity (Wildman–Crippen MR) is 106 cm³/mol. The fraction of sp³-hybridized carbons (Fsp3) is 0.286. The van der Waals surface area contributed by atoms with Gasteiger partial charge in [-0.05, 0) is 48.6 Å². The average Bonchev–Trinajstić information content (AvgIpc) is 3.23. The van der Waals surface area contributed by atoms with Crippen LogP contribution in [0.25, 0.3) is 0 Å². The minimum absolute atomic E-state index is 0.00971. The summed E-state index contributed by atoms with van der Waals surface area (Å²) in [7, 11) is 1.28. The van der Waals surface area contributed by atoms with Crippen molar-refractivity contribution in [3.63, 3.8) is 0 Å². The number of nitrogens with one attached hydrogen (secondary N) is 1. The second-order valence-corrected chi connectivity index (χ2v) is 6.75. The first-order valence-corrected chi connectivity index (χ1v) is 9.30. The van der Waals surface area contributed by atoms with Gasteiger partial charge in [0.2, 0.25) is 0 Å². The predicted octanol–water partition coefficient (Wildman–Crippen LogP) is 2.25. The van der Waals surface area contributed by atoms with Crippen LogP contribution in [0, 0.1) is 10.1 Å². The van der Waals surface area contributed by atoms with E-state index in [-0.39, 0.29) is 22.8 Å². The molecule has 2 aromatic rings. The number of Topliss-reactive ketones (excluding diaryl/α,β-unsaturated/α-hetero) is 1. The first-order valence-electron chi connectivity index (χ1n) is 9.30. The van der Waals surface area contributed by atoms with E-state index < -0.39 is 30.0 Å². The largest absolute Gasteiger partial charge is 0.490 e. The Morgan fingerprint density at radius 1 is 1.07 bits per heavy atom. The number of rotatable bonds is 8. The minimum Gasteiger partial charge on any atom is -0.490 e. The number of methoxy groups -OCH3 is 1. The summed E-state index contributed by atoms with van der Waals surface area (Å²) in [6.45, 7) is -0.905. The molecule has 0 spiro atoms. The number of amides is 1. The lowest BCUT2D eigenvalue weighted by Crippen LogP contribution is -2.31. The Kier molecular flexibility index (Phi) is 6.41. The van der Waals surface area contributed by atoms with E-state index in [2.05, 4.69) is 5.32 Å². The summed E-state index contributed by atoms with van der Waals surface area (Å²) in [5, 5.41) is 13.3. The lowest BCUT2D eigenvalue weighted by molar-refractivity contribution is -0.385. The molecule has 0 heterocycles. The number of nitro benzene ring substituents is 1. The zero-order chi connectivity index (χ0) is 21.7. The van der Waals surface area contributed by atoms with Gasteiger partial charge in [-0.3, -0.25) is 24.5 Å². The smallest absolute Gasteiger partial charge is 0.325 e. The number of nitrogens with zero attached hydrogens (tertiary/aromatic N) is 1. The number of hydrogen-bond donors (Lipinski definition) is 1. The standard InChI is InChI=1S/C21H20N2O7/c1-29-19-8-7-16(10-17(19)23(27)28)21(26)22-11-20(25)30-12-18(24)15-6-5-13-3-2-4-14(13)9-15/h5-10H,2-4,11-12H2,1H3,(H,22,26). The van der Waals surface area contributed by atoms with Crippen molar-refractivity contribution >= 4 is 23.3 Å². The third-order valence-electron chi connectivity index (χ3n) is 4.82. The van der Waals surface area contributed by atoms with Crippen LogP contribution in [-0.4, -0.2) is 42.8 Å². The number of hydrogen-bond acceptors (Lipinski definition) is 7. The molecule has 0 fully saturated rings. The fourth-order valence-corrected chi connectivity index (χ4v) is 3.25. The van der Waals surface area contributed by atoms with Crippen LogP contribution in [0.2, 0.25) is 0 Å². The Balaban J connectivity index is 1.51. The molecule has 0 bridgehead atoms. The average molecular weight is 412 g/mol. The quantitative estimate of drug-likeness (QED) is 0.305. The van der Waals surface area contributed by atoms with E-state index in [0.717, 1.165) is 30.9 Å². The van der Waals surface area contributed by atoms with Crippen molar-refractivity contribution in [2.45, 2.75) is 19.3 Å². The van der Waals surface area contributed by atoms with Crippen LogP contribution in [0.15, 0.2) is 36.4 Å². The van der Waals surface area contributed by atoms with Crippen molar-refractivity contribution < 1.29 is 28.8 Å². The van der Waals surface area contributed by atoms with Gasteiger partial charge in [-0.2, -0.15) is 0 Å². The molecular weight excluding hydrogens is 392 g/mol. The second-order valence-electron chi connectivity index (χ2n) is 6.75. The lowest BCUT2D eigenvalue weighted by Gasteiger charge is -2.08. The number of nitro groups is 1. The van der Waals surface area contributed by atoms with Crippen molar-refractivity contribution in [3.8, 4) is 5.75 Å². The molecule has 1 N–H and O–H groups in total. The molecule has 1 amide bonds. The molecule has 0 unspecified atom stereocenters. The Hall–Kier alpha value is -3.75. The van der Waals surface area contributed by atoms with Gasteiger partial charge in [-0.1, -0.05) is 12.1 Å². The van der Waals surface area contributed by atoms with Crippen LogP contribution in [0.3, 0.4) is 0 Å². The Labute approximate surface area is 172 Å². The number of carbonyl (C=O) groups is 3. The minimum atomic E-state index is -0.791. The van der Waals surface area contributed by atoms with Crippen LogP contribution in [0.5, 0.6) is 5.75 Å². The monoisotopic (exact) mass is 412 g/mol. The van der Waals surface area contributed by atoms with Crippen LogP contribution >= 0.6 is 0 Å². The summed E-state index contributed by atoms with van der Waals surface area (Å²) >= 11 is 0. The summed E-state index contributed by atoms with van der Waals surface area (Å²) in [6, 6.07) is 9.16. The van der Waals surface area contributed by atoms with Crippen molar-refractivity contribution in [2.75, 3.05) is 20.3 Å². The fourth-order valence-electron chi connectivity index (χ4n) is 3.25. The zero-order valence-electron chi connectivity index (χ0n) is 16.3. The van der Waals surface area contributed by atoms with E-state index in [9.17, 15) is 24.5 Å². The number of fused-ring (bicyclic) bond motifs is 1. The van der Waals surface area contributed by atoms with E-state index in [1.807, 2.05) is 12.1 Å². The van der Waals surface area contributed by atoms with Gasteiger partial charge in [0.15, 0.2) is 18.1 Å². The Morgan fingerprint density at radius 2 is 1.80 bits per heavy atom. The molecule has 9 heteroatoms. The molecule has 30 heavy (non-hydrogen) atoms. The maximum atomic E-state index is 12.2. The molecule has 0 radical (unpaired) electrons. The van der Waals surface area contributed by atoms with Gasteiger partial charge >= 0.3 is 11.7 Å². The highest BCUT2D eigenvalue weighted by Gasteiger charge is 2.19.